The van der Waals surface area contributed by atoms with Gasteiger partial charge in [0.15, 0.2) is 5.16 Å². The molecule has 0 aromatic carbocycles. The van der Waals surface area contributed by atoms with Crippen molar-refractivity contribution in [3.05, 3.63) is 28.2 Å². The second-order valence-corrected chi connectivity index (χ2v) is 9.85. The Balaban J connectivity index is 1.32. The summed E-state index contributed by atoms with van der Waals surface area (Å²) in [5.74, 6) is 0.563. The molecule has 0 radical (unpaired) electrons. The van der Waals surface area contributed by atoms with Gasteiger partial charge in [-0.3, -0.25) is 15.0 Å². The van der Waals surface area contributed by atoms with Crippen molar-refractivity contribution >= 4 is 40.9 Å². The summed E-state index contributed by atoms with van der Waals surface area (Å²) in [4.78, 5) is 38.7. The molecule has 2 aromatic rings. The van der Waals surface area contributed by atoms with Gasteiger partial charge in [0.05, 0.1) is 5.75 Å². The van der Waals surface area contributed by atoms with E-state index in [9.17, 15) is 14.4 Å². The van der Waals surface area contributed by atoms with E-state index in [0.29, 0.717) is 30.3 Å². The first-order chi connectivity index (χ1) is 14.4. The smallest absolute Gasteiger partial charge is 0.322 e. The fourth-order valence-electron chi connectivity index (χ4n) is 3.80. The molecule has 2 aliphatic rings. The molecule has 1 saturated carbocycles. The second kappa shape index (κ2) is 8.38. The van der Waals surface area contributed by atoms with E-state index in [1.165, 1.54) is 16.6 Å². The zero-order chi connectivity index (χ0) is 21.3. The summed E-state index contributed by atoms with van der Waals surface area (Å²) < 4.78 is 1.85. The van der Waals surface area contributed by atoms with E-state index >= 15 is 0 Å². The summed E-state index contributed by atoms with van der Waals surface area (Å²) in [5.41, 5.74) is 1.58. The van der Waals surface area contributed by atoms with Gasteiger partial charge in [0.1, 0.15) is 11.4 Å². The standard InChI is InChI=1S/C19H24N6O3S2/c1-12-5-7-19(8-6-12)16(27)25(17(28)20-19)23-15(26)11-30-18-22-21-14(24(18)2)10-13-4-3-9-29-13/h3-4,9,12H,5-8,10-11H2,1-2H3,(H,20,28)(H,23,26). The molecule has 0 bridgehead atoms. The maximum Gasteiger partial charge on any atom is 0.344 e. The minimum Gasteiger partial charge on any atom is -0.322 e. The van der Waals surface area contributed by atoms with Crippen LogP contribution in [0.5, 0.6) is 0 Å². The van der Waals surface area contributed by atoms with Crippen molar-refractivity contribution in [2.24, 2.45) is 13.0 Å². The van der Waals surface area contributed by atoms with Gasteiger partial charge in [0.25, 0.3) is 5.91 Å². The Kier molecular flexibility index (Phi) is 5.83. The monoisotopic (exact) mass is 448 g/mol. The maximum absolute atomic E-state index is 12.8. The Hall–Kier alpha value is -2.40. The Bertz CT molecular complexity index is 950. The lowest BCUT2D eigenvalue weighted by Crippen LogP contribution is -2.51. The van der Waals surface area contributed by atoms with E-state index in [2.05, 4.69) is 27.9 Å². The number of hydrazine groups is 1. The van der Waals surface area contributed by atoms with Crippen LogP contribution in [0.25, 0.3) is 0 Å². The molecule has 4 amide bonds. The number of thioether (sulfide) groups is 1. The van der Waals surface area contributed by atoms with Gasteiger partial charge in [0.2, 0.25) is 5.91 Å². The summed E-state index contributed by atoms with van der Waals surface area (Å²) >= 11 is 2.87. The summed E-state index contributed by atoms with van der Waals surface area (Å²) in [7, 11) is 1.86. The van der Waals surface area contributed by atoms with Crippen LogP contribution in [0.1, 0.15) is 43.3 Å². The number of aromatic nitrogens is 3. The number of rotatable bonds is 6. The number of carbonyl (C=O) groups excluding carboxylic acids is 3. The highest BCUT2D eigenvalue weighted by Gasteiger charge is 2.52. The largest absolute Gasteiger partial charge is 0.344 e. The molecule has 1 aliphatic carbocycles. The molecule has 2 aromatic heterocycles. The third-order valence-electron chi connectivity index (χ3n) is 5.70. The SMILES string of the molecule is CC1CCC2(CC1)NC(=O)N(NC(=O)CSc1nnc(Cc3cccs3)n1C)C2=O. The van der Waals surface area contributed by atoms with E-state index in [1.807, 2.05) is 29.1 Å². The van der Waals surface area contributed by atoms with Crippen molar-refractivity contribution < 1.29 is 14.4 Å². The van der Waals surface area contributed by atoms with Crippen molar-refractivity contribution in [2.45, 2.75) is 49.7 Å². The molecule has 2 N–H and O–H groups in total. The van der Waals surface area contributed by atoms with Crippen molar-refractivity contribution in [3.8, 4) is 0 Å². The Morgan fingerprint density at radius 1 is 1.37 bits per heavy atom. The third-order valence-corrected chi connectivity index (χ3v) is 7.59. The van der Waals surface area contributed by atoms with Gasteiger partial charge in [0, 0.05) is 18.3 Å². The summed E-state index contributed by atoms with van der Waals surface area (Å²) in [6.45, 7) is 2.14. The molecule has 11 heteroatoms. The second-order valence-electron chi connectivity index (χ2n) is 7.87. The number of nitrogens with one attached hydrogen (secondary N) is 2. The minimum atomic E-state index is -0.871. The number of hydrogen-bond acceptors (Lipinski definition) is 7. The number of carbonyl (C=O) groups is 3. The highest BCUT2D eigenvalue weighted by molar-refractivity contribution is 7.99. The highest BCUT2D eigenvalue weighted by Crippen LogP contribution is 2.35. The van der Waals surface area contributed by atoms with Crippen LogP contribution in [0.3, 0.4) is 0 Å². The van der Waals surface area contributed by atoms with Gasteiger partial charge < -0.3 is 9.88 Å². The molecule has 1 spiro atoms. The Labute approximate surface area is 182 Å². The lowest BCUT2D eigenvalue weighted by molar-refractivity contribution is -0.139. The van der Waals surface area contributed by atoms with Gasteiger partial charge in [-0.25, -0.2) is 4.79 Å². The first-order valence-corrected chi connectivity index (χ1v) is 11.7. The number of urea groups is 1. The molecule has 2 fully saturated rings. The molecule has 3 heterocycles. The van der Waals surface area contributed by atoms with Crippen LogP contribution >= 0.6 is 23.1 Å². The summed E-state index contributed by atoms with van der Waals surface area (Å²) in [6.07, 6.45) is 3.64. The first kappa shape index (κ1) is 20.9. The Morgan fingerprint density at radius 3 is 2.83 bits per heavy atom. The van der Waals surface area contributed by atoms with Crippen molar-refractivity contribution in [2.75, 3.05) is 5.75 Å². The zero-order valence-electron chi connectivity index (χ0n) is 16.9. The summed E-state index contributed by atoms with van der Waals surface area (Å²) in [5, 5.41) is 14.6. The molecule has 0 unspecified atom stereocenters. The highest BCUT2D eigenvalue weighted by atomic mass is 32.2. The topological polar surface area (TPSA) is 109 Å². The zero-order valence-corrected chi connectivity index (χ0v) is 18.5. The molecular formula is C19H24N6O3S2. The van der Waals surface area contributed by atoms with Gasteiger partial charge in [-0.15, -0.1) is 21.5 Å². The van der Waals surface area contributed by atoms with Crippen LogP contribution in [0, 0.1) is 5.92 Å². The van der Waals surface area contributed by atoms with Crippen LogP contribution in [-0.4, -0.2) is 48.9 Å². The molecule has 4 rings (SSSR count). The maximum atomic E-state index is 12.8. The quantitative estimate of drug-likeness (QED) is 0.517. The van der Waals surface area contributed by atoms with Crippen LogP contribution < -0.4 is 10.7 Å². The Morgan fingerprint density at radius 2 is 2.13 bits per heavy atom. The lowest BCUT2D eigenvalue weighted by atomic mass is 9.77. The molecule has 9 nitrogen and oxygen atoms in total. The number of amides is 4. The van der Waals surface area contributed by atoms with E-state index in [4.69, 9.17) is 0 Å². The fourth-order valence-corrected chi connectivity index (χ4v) is 5.22. The molecule has 30 heavy (non-hydrogen) atoms. The average molecular weight is 449 g/mol. The van der Waals surface area contributed by atoms with Crippen LogP contribution in [-0.2, 0) is 23.1 Å². The minimum absolute atomic E-state index is 0.0199. The third kappa shape index (κ3) is 4.08. The summed E-state index contributed by atoms with van der Waals surface area (Å²) in [6, 6.07) is 3.46. The van der Waals surface area contributed by atoms with E-state index in [1.54, 1.807) is 11.3 Å². The normalized spacial score (nSPS) is 23.8. The van der Waals surface area contributed by atoms with Crippen LogP contribution in [0.4, 0.5) is 4.79 Å². The number of nitrogens with zero attached hydrogens (tertiary/aromatic N) is 4. The number of imide groups is 1. The van der Waals surface area contributed by atoms with Crippen LogP contribution in [0.2, 0.25) is 0 Å². The van der Waals surface area contributed by atoms with Crippen molar-refractivity contribution in [1.29, 1.82) is 0 Å². The molecule has 0 atom stereocenters. The first-order valence-electron chi connectivity index (χ1n) is 9.87. The average Bonchev–Trinajstić information content (AvgIpc) is 3.41. The van der Waals surface area contributed by atoms with E-state index in [0.717, 1.165) is 23.7 Å². The number of hydrogen-bond donors (Lipinski definition) is 2. The predicted molar refractivity (Wildman–Crippen MR) is 113 cm³/mol. The van der Waals surface area contributed by atoms with Gasteiger partial charge in [-0.2, -0.15) is 5.01 Å². The molecule has 1 aliphatic heterocycles. The molecule has 160 valence electrons. The lowest BCUT2D eigenvalue weighted by Gasteiger charge is -2.33. The molecule has 1 saturated heterocycles. The van der Waals surface area contributed by atoms with Crippen molar-refractivity contribution in [1.82, 2.24) is 30.5 Å². The van der Waals surface area contributed by atoms with Gasteiger partial charge in [-0.05, 0) is 43.0 Å². The van der Waals surface area contributed by atoms with Crippen LogP contribution in [0.15, 0.2) is 22.7 Å². The van der Waals surface area contributed by atoms with Gasteiger partial charge in [-0.1, -0.05) is 24.8 Å². The van der Waals surface area contributed by atoms with Gasteiger partial charge >= 0.3 is 6.03 Å². The van der Waals surface area contributed by atoms with E-state index < -0.39 is 17.5 Å². The van der Waals surface area contributed by atoms with Crippen molar-refractivity contribution in [3.63, 3.8) is 0 Å². The predicted octanol–water partition coefficient (Wildman–Crippen LogP) is 2.09. The molecular weight excluding hydrogens is 424 g/mol. The fraction of sp³-hybridized carbons (Fsp3) is 0.526. The number of thiophene rings is 1. The van der Waals surface area contributed by atoms with E-state index in [-0.39, 0.29) is 11.7 Å².